The fourth-order valence-electron chi connectivity index (χ4n) is 2.92. The zero-order valence-electron chi connectivity index (χ0n) is 13.6. The van der Waals surface area contributed by atoms with E-state index in [1.807, 2.05) is 18.5 Å². The van der Waals surface area contributed by atoms with Crippen LogP contribution in [0.1, 0.15) is 40.7 Å². The van der Waals surface area contributed by atoms with Crippen molar-refractivity contribution in [3.8, 4) is 0 Å². The maximum atomic E-state index is 4.76. The number of aryl methyl sites for hydroxylation is 1. The average Bonchev–Trinajstić information content (AvgIpc) is 2.57. The molecule has 0 saturated carbocycles. The Labute approximate surface area is 132 Å². The Morgan fingerprint density at radius 3 is 2.68 bits per heavy atom. The van der Waals surface area contributed by atoms with Crippen molar-refractivity contribution in [3.05, 3.63) is 70.0 Å². The number of benzene rings is 1. The summed E-state index contributed by atoms with van der Waals surface area (Å²) >= 11 is 0. The fourth-order valence-corrected chi connectivity index (χ4v) is 2.92. The summed E-state index contributed by atoms with van der Waals surface area (Å²) in [4.78, 5) is 8.99. The zero-order valence-corrected chi connectivity index (χ0v) is 13.6. The highest BCUT2D eigenvalue weighted by Gasteiger charge is 2.15. The minimum Gasteiger partial charge on any atom is -0.284 e. The van der Waals surface area contributed by atoms with E-state index in [4.69, 9.17) is 4.99 Å². The quantitative estimate of drug-likeness (QED) is 0.788. The van der Waals surface area contributed by atoms with E-state index in [0.717, 1.165) is 30.7 Å². The smallest absolute Gasteiger partial charge is 0.0694 e. The molecule has 0 atom stereocenters. The molecule has 1 aromatic carbocycles. The van der Waals surface area contributed by atoms with Gasteiger partial charge in [0.25, 0.3) is 0 Å². The maximum absolute atomic E-state index is 4.76. The molecule has 0 unspecified atom stereocenters. The molecule has 0 aliphatic carbocycles. The summed E-state index contributed by atoms with van der Waals surface area (Å²) in [6.07, 6.45) is 8.24. The van der Waals surface area contributed by atoms with Crippen LogP contribution in [0.25, 0.3) is 6.08 Å². The molecule has 2 heteroatoms. The fraction of sp³-hybridized carbons (Fsp3) is 0.300. The van der Waals surface area contributed by atoms with Gasteiger partial charge in [-0.1, -0.05) is 12.1 Å². The minimum absolute atomic E-state index is 0.910. The molecular weight excluding hydrogens is 268 g/mol. The Kier molecular flexibility index (Phi) is 4.19. The van der Waals surface area contributed by atoms with Gasteiger partial charge >= 0.3 is 0 Å². The summed E-state index contributed by atoms with van der Waals surface area (Å²) in [5, 5.41) is 0. The van der Waals surface area contributed by atoms with Crippen LogP contribution in [0.3, 0.4) is 0 Å². The second-order valence-electron chi connectivity index (χ2n) is 5.97. The Bertz CT molecular complexity index is 740. The highest BCUT2D eigenvalue weighted by molar-refractivity contribution is 6.15. The van der Waals surface area contributed by atoms with Gasteiger partial charge in [0.05, 0.1) is 5.71 Å². The van der Waals surface area contributed by atoms with E-state index in [0.29, 0.717) is 0 Å². The van der Waals surface area contributed by atoms with Crippen LogP contribution in [0.15, 0.2) is 47.2 Å². The lowest BCUT2D eigenvalue weighted by Gasteiger charge is -2.17. The lowest BCUT2D eigenvalue weighted by Crippen LogP contribution is -2.12. The summed E-state index contributed by atoms with van der Waals surface area (Å²) in [6.45, 7) is 7.48. The largest absolute Gasteiger partial charge is 0.284 e. The molecule has 0 spiro atoms. The van der Waals surface area contributed by atoms with Crippen molar-refractivity contribution in [2.45, 2.75) is 33.6 Å². The lowest BCUT2D eigenvalue weighted by atomic mass is 9.92. The van der Waals surface area contributed by atoms with E-state index < -0.39 is 0 Å². The summed E-state index contributed by atoms with van der Waals surface area (Å²) in [6, 6.07) is 8.50. The van der Waals surface area contributed by atoms with Gasteiger partial charge in [-0.15, -0.1) is 0 Å². The van der Waals surface area contributed by atoms with E-state index in [2.05, 4.69) is 50.0 Å². The number of hydrogen-bond donors (Lipinski definition) is 0. The molecule has 0 fully saturated rings. The summed E-state index contributed by atoms with van der Waals surface area (Å²) in [5.41, 5.74) is 8.95. The third-order valence-electron chi connectivity index (χ3n) is 4.54. The summed E-state index contributed by atoms with van der Waals surface area (Å²) < 4.78 is 0. The molecule has 112 valence electrons. The van der Waals surface area contributed by atoms with Crippen molar-refractivity contribution in [1.82, 2.24) is 4.98 Å². The van der Waals surface area contributed by atoms with E-state index in [1.54, 1.807) is 0 Å². The highest BCUT2D eigenvalue weighted by atomic mass is 14.8. The highest BCUT2D eigenvalue weighted by Crippen LogP contribution is 2.25. The summed E-state index contributed by atoms with van der Waals surface area (Å²) in [7, 11) is 0. The van der Waals surface area contributed by atoms with Crippen LogP contribution in [0.4, 0.5) is 0 Å². The van der Waals surface area contributed by atoms with Crippen molar-refractivity contribution in [3.63, 3.8) is 0 Å². The van der Waals surface area contributed by atoms with Gasteiger partial charge in [0.2, 0.25) is 0 Å². The monoisotopic (exact) mass is 290 g/mol. The second-order valence-corrected chi connectivity index (χ2v) is 5.97. The first-order valence-electron chi connectivity index (χ1n) is 7.89. The van der Waals surface area contributed by atoms with E-state index in [9.17, 15) is 0 Å². The number of pyridine rings is 1. The van der Waals surface area contributed by atoms with Crippen molar-refractivity contribution in [2.24, 2.45) is 4.99 Å². The van der Waals surface area contributed by atoms with Crippen molar-refractivity contribution in [1.29, 1.82) is 0 Å². The number of aromatic nitrogens is 1. The molecule has 0 saturated heterocycles. The van der Waals surface area contributed by atoms with Crippen LogP contribution in [-0.4, -0.2) is 17.2 Å². The Balaban J connectivity index is 2.04. The SMILES string of the molecule is Cc1ccc(C=C2CCCN=C2c2cccnc2)c(C)c1C. The van der Waals surface area contributed by atoms with Crippen LogP contribution in [0, 0.1) is 20.8 Å². The number of allylic oxidation sites excluding steroid dienone is 1. The number of aliphatic imine (C=N–C) groups is 1. The predicted octanol–water partition coefficient (Wildman–Crippen LogP) is 4.67. The first-order valence-corrected chi connectivity index (χ1v) is 7.89. The molecule has 2 aromatic rings. The van der Waals surface area contributed by atoms with Crippen LogP contribution in [-0.2, 0) is 0 Å². The molecule has 0 radical (unpaired) electrons. The standard InChI is InChI=1S/C20H22N2/c1-14-8-9-17(16(3)15(14)2)12-18-6-5-11-22-20(18)19-7-4-10-21-13-19/h4,7-10,12-13H,5-6,11H2,1-3H3. The Morgan fingerprint density at radius 1 is 1.05 bits per heavy atom. The van der Waals surface area contributed by atoms with Gasteiger partial charge < -0.3 is 0 Å². The third-order valence-corrected chi connectivity index (χ3v) is 4.54. The molecule has 0 bridgehead atoms. The van der Waals surface area contributed by atoms with Gasteiger partial charge in [0.1, 0.15) is 0 Å². The predicted molar refractivity (Wildman–Crippen MR) is 93.5 cm³/mol. The molecule has 1 aliphatic heterocycles. The minimum atomic E-state index is 0.910. The Morgan fingerprint density at radius 2 is 1.91 bits per heavy atom. The molecule has 1 aromatic heterocycles. The molecular formula is C20H22N2. The molecule has 2 heterocycles. The third kappa shape index (κ3) is 2.87. The molecule has 3 rings (SSSR count). The van der Waals surface area contributed by atoms with Gasteiger partial charge in [-0.05, 0) is 79.6 Å². The van der Waals surface area contributed by atoms with Crippen LogP contribution < -0.4 is 0 Å². The normalized spacial score (nSPS) is 16.7. The molecule has 22 heavy (non-hydrogen) atoms. The lowest BCUT2D eigenvalue weighted by molar-refractivity contribution is 0.818. The van der Waals surface area contributed by atoms with Crippen LogP contribution >= 0.6 is 0 Å². The van der Waals surface area contributed by atoms with Crippen molar-refractivity contribution >= 4 is 11.8 Å². The number of rotatable bonds is 2. The van der Waals surface area contributed by atoms with Gasteiger partial charge in [0, 0.05) is 24.5 Å². The van der Waals surface area contributed by atoms with Gasteiger partial charge in [-0.3, -0.25) is 9.98 Å². The molecule has 2 nitrogen and oxygen atoms in total. The molecule has 0 amide bonds. The average molecular weight is 290 g/mol. The van der Waals surface area contributed by atoms with Crippen molar-refractivity contribution in [2.75, 3.05) is 6.54 Å². The van der Waals surface area contributed by atoms with Crippen molar-refractivity contribution < 1.29 is 0 Å². The number of hydrogen-bond acceptors (Lipinski definition) is 2. The molecule has 1 aliphatic rings. The summed E-state index contributed by atoms with van der Waals surface area (Å²) in [5.74, 6) is 0. The van der Waals surface area contributed by atoms with Crippen LogP contribution in [0.2, 0.25) is 0 Å². The number of nitrogens with zero attached hydrogens (tertiary/aromatic N) is 2. The van der Waals surface area contributed by atoms with Crippen LogP contribution in [0.5, 0.6) is 0 Å². The van der Waals surface area contributed by atoms with Gasteiger partial charge in [0.15, 0.2) is 0 Å². The molecule has 0 N–H and O–H groups in total. The first kappa shape index (κ1) is 14.7. The van der Waals surface area contributed by atoms with E-state index >= 15 is 0 Å². The first-order chi connectivity index (χ1) is 10.7. The zero-order chi connectivity index (χ0) is 15.5. The second kappa shape index (κ2) is 6.27. The van der Waals surface area contributed by atoms with E-state index in [1.165, 1.54) is 27.8 Å². The maximum Gasteiger partial charge on any atom is 0.0694 e. The van der Waals surface area contributed by atoms with E-state index in [-0.39, 0.29) is 0 Å². The Hall–Kier alpha value is -2.22. The van der Waals surface area contributed by atoms with Gasteiger partial charge in [-0.2, -0.15) is 0 Å². The topological polar surface area (TPSA) is 25.2 Å². The van der Waals surface area contributed by atoms with Gasteiger partial charge in [-0.25, -0.2) is 0 Å².